The number of hydrogen-bond donors (Lipinski definition) is 5. The fraction of sp³-hybridized carbons (Fsp3) is 0.714. The van der Waals surface area contributed by atoms with Gasteiger partial charge in [0.1, 0.15) is 12.7 Å². The Morgan fingerprint density at radius 3 is 1.62 bits per heavy atom. The van der Waals surface area contributed by atoms with Crippen molar-refractivity contribution >= 4 is 27.6 Å². The monoisotopic (exact) mass is 961 g/mol. The van der Waals surface area contributed by atoms with Gasteiger partial charge in [-0.25, -0.2) is 9.13 Å². The zero-order valence-electron chi connectivity index (χ0n) is 39.8. The van der Waals surface area contributed by atoms with E-state index in [1.54, 1.807) is 24.3 Å². The number of unbranched alkanes of at least 4 members (excludes halogenated alkanes) is 14. The molecule has 16 heteroatoms. The second kappa shape index (κ2) is 42.8. The Morgan fingerprint density at radius 1 is 0.554 bits per heavy atom. The molecule has 5 N–H and O–H groups in total. The van der Waals surface area contributed by atoms with Gasteiger partial charge < -0.3 is 34.4 Å². The van der Waals surface area contributed by atoms with E-state index in [0.717, 1.165) is 50.9 Å². The van der Waals surface area contributed by atoms with Crippen LogP contribution in [0.15, 0.2) is 72.9 Å². The lowest BCUT2D eigenvalue weighted by Crippen LogP contribution is -2.29. The minimum Gasteiger partial charge on any atom is -0.462 e. The Bertz CT molecular complexity index is 1450. The van der Waals surface area contributed by atoms with Gasteiger partial charge in [-0.15, -0.1) is 0 Å². The first-order chi connectivity index (χ1) is 31.1. The largest absolute Gasteiger partial charge is 0.472 e. The SMILES string of the molecule is CC/C=C\C/C=C\C/C=C\C/C=C\C=C/C(O)C/C=C\CCC(=O)O[C@H](COC(=O)CCCCCCCCCCCCCCCCCC(C)C)COP(=O)(O)OC[C@@H](O)COP(=O)(O)O. The molecule has 0 fully saturated rings. The summed E-state index contributed by atoms with van der Waals surface area (Å²) in [7, 11) is -9.75. The third kappa shape index (κ3) is 47.8. The first-order valence-electron chi connectivity index (χ1n) is 24.1. The van der Waals surface area contributed by atoms with Crippen molar-refractivity contribution in [3.8, 4) is 0 Å². The molecule has 0 aliphatic rings. The molecular formula is C49H86O14P2. The van der Waals surface area contributed by atoms with Crippen LogP contribution in [0.3, 0.4) is 0 Å². The van der Waals surface area contributed by atoms with E-state index in [9.17, 15) is 33.8 Å². The Balaban J connectivity index is 4.65. The number of carbonyl (C=O) groups is 2. The predicted octanol–water partition coefficient (Wildman–Crippen LogP) is 11.8. The highest BCUT2D eigenvalue weighted by Gasteiger charge is 2.28. The zero-order chi connectivity index (χ0) is 48.3. The van der Waals surface area contributed by atoms with Crippen LogP contribution in [0.2, 0.25) is 0 Å². The third-order valence-corrected chi connectivity index (χ3v) is 11.3. The van der Waals surface area contributed by atoms with E-state index in [0.29, 0.717) is 12.8 Å². The summed E-state index contributed by atoms with van der Waals surface area (Å²) in [6.45, 7) is 3.79. The average molecular weight is 961 g/mol. The Hall–Kier alpha value is -2.48. The summed E-state index contributed by atoms with van der Waals surface area (Å²) >= 11 is 0. The lowest BCUT2D eigenvalue weighted by molar-refractivity contribution is -0.161. The van der Waals surface area contributed by atoms with Crippen LogP contribution in [-0.2, 0) is 41.8 Å². The Kier molecular flexibility index (Phi) is 41.2. The van der Waals surface area contributed by atoms with E-state index in [1.165, 1.54) is 77.0 Å². The summed E-state index contributed by atoms with van der Waals surface area (Å²) in [6.07, 6.45) is 43.6. The van der Waals surface area contributed by atoms with E-state index in [2.05, 4.69) is 66.3 Å². The number of ether oxygens (including phenoxy) is 2. The molecular weight excluding hydrogens is 874 g/mol. The Morgan fingerprint density at radius 2 is 1.06 bits per heavy atom. The normalized spacial score (nSPS) is 15.1. The van der Waals surface area contributed by atoms with Gasteiger partial charge in [0.05, 0.1) is 25.9 Å². The summed E-state index contributed by atoms with van der Waals surface area (Å²) in [5.74, 6) is -0.402. The molecule has 65 heavy (non-hydrogen) atoms. The van der Waals surface area contributed by atoms with Crippen LogP contribution in [0.25, 0.3) is 0 Å². The molecule has 0 aromatic rings. The van der Waals surface area contributed by atoms with Gasteiger partial charge in [0.25, 0.3) is 0 Å². The van der Waals surface area contributed by atoms with Crippen molar-refractivity contribution in [2.24, 2.45) is 5.92 Å². The molecule has 0 saturated carbocycles. The van der Waals surface area contributed by atoms with Crippen molar-refractivity contribution in [2.45, 2.75) is 193 Å². The molecule has 4 atom stereocenters. The minimum absolute atomic E-state index is 0.0767. The quantitative estimate of drug-likeness (QED) is 0.0126. The molecule has 0 heterocycles. The van der Waals surface area contributed by atoms with Crippen LogP contribution in [0.4, 0.5) is 0 Å². The molecule has 2 unspecified atom stereocenters. The number of phosphoric acid groups is 2. The topological polar surface area (TPSA) is 216 Å². The van der Waals surface area contributed by atoms with Crippen molar-refractivity contribution in [1.29, 1.82) is 0 Å². The lowest BCUT2D eigenvalue weighted by Gasteiger charge is -2.20. The molecule has 0 spiro atoms. The van der Waals surface area contributed by atoms with Crippen LogP contribution >= 0.6 is 15.6 Å². The van der Waals surface area contributed by atoms with Gasteiger partial charge >= 0.3 is 27.6 Å². The van der Waals surface area contributed by atoms with Crippen LogP contribution in [0.5, 0.6) is 0 Å². The fourth-order valence-corrected chi connectivity index (χ4v) is 7.39. The number of esters is 2. The van der Waals surface area contributed by atoms with E-state index in [4.69, 9.17) is 23.8 Å². The smallest absolute Gasteiger partial charge is 0.462 e. The summed E-state index contributed by atoms with van der Waals surface area (Å²) < 4.78 is 47.7. The van der Waals surface area contributed by atoms with Gasteiger partial charge in [0, 0.05) is 12.8 Å². The van der Waals surface area contributed by atoms with Crippen molar-refractivity contribution in [3.63, 3.8) is 0 Å². The van der Waals surface area contributed by atoms with Crippen LogP contribution < -0.4 is 0 Å². The summed E-state index contributed by atoms with van der Waals surface area (Å²) in [5, 5.41) is 20.0. The number of allylic oxidation sites excluding steroid dienone is 10. The maximum absolute atomic E-state index is 12.7. The zero-order valence-corrected chi connectivity index (χ0v) is 41.6. The highest BCUT2D eigenvalue weighted by atomic mass is 31.2. The van der Waals surface area contributed by atoms with Crippen molar-refractivity contribution in [2.75, 3.05) is 26.4 Å². The fourth-order valence-electron chi connectivity index (χ4n) is 6.23. The number of aliphatic hydroxyl groups excluding tert-OH is 2. The van der Waals surface area contributed by atoms with Gasteiger partial charge in [-0.3, -0.25) is 23.2 Å². The van der Waals surface area contributed by atoms with Gasteiger partial charge in [0.2, 0.25) is 0 Å². The molecule has 0 amide bonds. The second-order valence-corrected chi connectivity index (χ2v) is 19.4. The first-order valence-corrected chi connectivity index (χ1v) is 27.1. The lowest BCUT2D eigenvalue weighted by atomic mass is 10.0. The van der Waals surface area contributed by atoms with E-state index in [1.807, 2.05) is 12.2 Å². The molecule has 0 radical (unpaired) electrons. The molecule has 0 aromatic carbocycles. The minimum atomic E-state index is -4.89. The van der Waals surface area contributed by atoms with Gasteiger partial charge in [-0.1, -0.05) is 190 Å². The summed E-state index contributed by atoms with van der Waals surface area (Å²) in [6, 6.07) is 0. The molecule has 0 rings (SSSR count). The van der Waals surface area contributed by atoms with Crippen LogP contribution in [-0.4, -0.2) is 81.6 Å². The summed E-state index contributed by atoms with van der Waals surface area (Å²) in [5.41, 5.74) is 0. The maximum Gasteiger partial charge on any atom is 0.472 e. The van der Waals surface area contributed by atoms with Gasteiger partial charge in [0.15, 0.2) is 6.10 Å². The standard InChI is InChI=1S/C49H86O14P2/c1-4-5-6-7-8-9-10-14-18-21-24-27-31-36-45(50)37-32-29-34-39-49(53)63-47(43-62-65(57,58)61-41-46(51)40-60-64(54,55)56)42-59-48(52)38-33-28-25-22-19-16-13-11-12-15-17-20-23-26-30-35-44(2)3/h5-6,8-9,14,18,24,27,29,31-32,36,44-47,50-51H,4,7,10-13,15-17,19-23,25-26,28,30,33-35,37-43H2,1-3H3,(H,57,58)(H2,54,55,56)/b6-5-,9-8-,18-14-,27-24-,32-29-,36-31-/t45?,46-,47+/m0/s1. The van der Waals surface area contributed by atoms with Crippen molar-refractivity contribution in [3.05, 3.63) is 72.9 Å². The molecule has 0 aliphatic heterocycles. The number of phosphoric ester groups is 2. The molecule has 14 nitrogen and oxygen atoms in total. The summed E-state index contributed by atoms with van der Waals surface area (Å²) in [4.78, 5) is 52.8. The molecule has 0 saturated heterocycles. The number of carbonyl (C=O) groups excluding carboxylic acids is 2. The van der Waals surface area contributed by atoms with Crippen molar-refractivity contribution < 1.29 is 66.7 Å². The Labute approximate surface area is 391 Å². The van der Waals surface area contributed by atoms with Crippen molar-refractivity contribution in [1.82, 2.24) is 0 Å². The molecule has 376 valence electrons. The molecule has 0 aliphatic carbocycles. The number of hydrogen-bond acceptors (Lipinski definition) is 11. The molecule has 0 bridgehead atoms. The van der Waals surface area contributed by atoms with Crippen LogP contribution in [0.1, 0.15) is 175 Å². The van der Waals surface area contributed by atoms with E-state index in [-0.39, 0.29) is 19.3 Å². The molecule has 0 aromatic heterocycles. The highest BCUT2D eigenvalue weighted by molar-refractivity contribution is 7.47. The van der Waals surface area contributed by atoms with Crippen LogP contribution in [0, 0.1) is 5.92 Å². The second-order valence-electron chi connectivity index (χ2n) is 16.7. The average Bonchev–Trinajstić information content (AvgIpc) is 3.25. The maximum atomic E-state index is 12.7. The third-order valence-electron chi connectivity index (χ3n) is 9.87. The van der Waals surface area contributed by atoms with Gasteiger partial charge in [-0.05, 0) is 50.9 Å². The number of aliphatic hydroxyl groups is 2. The number of rotatable bonds is 44. The predicted molar refractivity (Wildman–Crippen MR) is 259 cm³/mol. The van der Waals surface area contributed by atoms with Gasteiger partial charge in [-0.2, -0.15) is 0 Å². The highest BCUT2D eigenvalue weighted by Crippen LogP contribution is 2.43. The van der Waals surface area contributed by atoms with E-state index < -0.39 is 72.3 Å². The van der Waals surface area contributed by atoms with E-state index >= 15 is 0 Å². The first kappa shape index (κ1) is 62.5.